The number of ether oxygens (including phenoxy) is 1. The molecule has 0 radical (unpaired) electrons. The molecule has 0 aromatic heterocycles. The van der Waals surface area contributed by atoms with Crippen LogP contribution in [0.4, 0.5) is 5.69 Å². The van der Waals surface area contributed by atoms with Gasteiger partial charge in [-0.25, -0.2) is 0 Å². The molecular weight excluding hydrogens is 228 g/mol. The second-order valence-electron chi connectivity index (χ2n) is 4.63. The van der Waals surface area contributed by atoms with Gasteiger partial charge in [-0.15, -0.1) is 0 Å². The van der Waals surface area contributed by atoms with Crippen molar-refractivity contribution < 1.29 is 9.53 Å². The number of carbonyl (C=O) groups is 1. The van der Waals surface area contributed by atoms with Crippen molar-refractivity contribution in [2.24, 2.45) is 0 Å². The first-order valence-electron chi connectivity index (χ1n) is 6.18. The summed E-state index contributed by atoms with van der Waals surface area (Å²) in [4.78, 5) is 13.4. The Labute approximate surface area is 109 Å². The number of benzene rings is 1. The summed E-state index contributed by atoms with van der Waals surface area (Å²) in [6.45, 7) is 5.76. The summed E-state index contributed by atoms with van der Waals surface area (Å²) < 4.78 is 4.66. The molecule has 100 valence electrons. The SMILES string of the molecule is COC(=O)CCN(Cc1ccc(N)cc1)C(C)C. The van der Waals surface area contributed by atoms with E-state index in [1.807, 2.05) is 24.3 Å². The lowest BCUT2D eigenvalue weighted by Crippen LogP contribution is -2.32. The standard InChI is InChI=1S/C14H22N2O2/c1-11(2)16(9-8-14(17)18-3)10-12-4-6-13(15)7-5-12/h4-7,11H,8-10,15H2,1-3H3. The van der Waals surface area contributed by atoms with Crippen molar-refractivity contribution in [3.8, 4) is 0 Å². The molecular formula is C14H22N2O2. The number of nitrogen functional groups attached to an aromatic ring is 1. The largest absolute Gasteiger partial charge is 0.469 e. The lowest BCUT2D eigenvalue weighted by atomic mass is 10.1. The number of hydrogen-bond acceptors (Lipinski definition) is 4. The van der Waals surface area contributed by atoms with E-state index in [1.165, 1.54) is 12.7 Å². The first-order chi connectivity index (χ1) is 8.52. The number of nitrogens with two attached hydrogens (primary N) is 1. The third-order valence-electron chi connectivity index (χ3n) is 2.93. The number of rotatable bonds is 6. The molecule has 0 heterocycles. The molecule has 1 rings (SSSR count). The molecule has 1 aromatic carbocycles. The number of carbonyl (C=O) groups excluding carboxylic acids is 1. The molecule has 0 saturated carbocycles. The van der Waals surface area contributed by atoms with Gasteiger partial charge in [0.2, 0.25) is 0 Å². The van der Waals surface area contributed by atoms with Crippen molar-refractivity contribution in [3.05, 3.63) is 29.8 Å². The predicted octanol–water partition coefficient (Wildman–Crippen LogP) is 2.04. The maximum atomic E-state index is 11.2. The molecule has 0 aliphatic carbocycles. The molecule has 0 unspecified atom stereocenters. The van der Waals surface area contributed by atoms with Gasteiger partial charge in [0.05, 0.1) is 13.5 Å². The fourth-order valence-corrected chi connectivity index (χ4v) is 1.71. The third-order valence-corrected chi connectivity index (χ3v) is 2.93. The fraction of sp³-hybridized carbons (Fsp3) is 0.500. The van der Waals surface area contributed by atoms with E-state index in [-0.39, 0.29) is 5.97 Å². The summed E-state index contributed by atoms with van der Waals surface area (Å²) in [5, 5.41) is 0. The fourth-order valence-electron chi connectivity index (χ4n) is 1.71. The molecule has 4 nitrogen and oxygen atoms in total. The molecule has 0 aliphatic rings. The summed E-state index contributed by atoms with van der Waals surface area (Å²) in [7, 11) is 1.42. The minimum atomic E-state index is -0.169. The molecule has 0 spiro atoms. The van der Waals surface area contributed by atoms with Crippen molar-refractivity contribution >= 4 is 11.7 Å². The second kappa shape index (κ2) is 7.01. The highest BCUT2D eigenvalue weighted by Crippen LogP contribution is 2.11. The molecule has 0 atom stereocenters. The molecule has 0 amide bonds. The molecule has 0 bridgehead atoms. The van der Waals surface area contributed by atoms with Crippen LogP contribution in [0.15, 0.2) is 24.3 Å². The smallest absolute Gasteiger partial charge is 0.306 e. The van der Waals surface area contributed by atoms with Crippen LogP contribution < -0.4 is 5.73 Å². The normalized spacial score (nSPS) is 10.9. The maximum absolute atomic E-state index is 11.2. The number of hydrogen-bond donors (Lipinski definition) is 1. The van der Waals surface area contributed by atoms with Crippen LogP contribution >= 0.6 is 0 Å². The monoisotopic (exact) mass is 250 g/mol. The number of anilines is 1. The van der Waals surface area contributed by atoms with Gasteiger partial charge in [0.15, 0.2) is 0 Å². The quantitative estimate of drug-likeness (QED) is 0.620. The lowest BCUT2D eigenvalue weighted by molar-refractivity contribution is -0.141. The molecule has 4 heteroatoms. The van der Waals surface area contributed by atoms with Crippen LogP contribution in [0.1, 0.15) is 25.8 Å². The van der Waals surface area contributed by atoms with Crippen molar-refractivity contribution in [1.29, 1.82) is 0 Å². The number of nitrogens with zero attached hydrogens (tertiary/aromatic N) is 1. The zero-order valence-corrected chi connectivity index (χ0v) is 11.3. The van der Waals surface area contributed by atoms with E-state index in [9.17, 15) is 4.79 Å². The highest BCUT2D eigenvalue weighted by molar-refractivity contribution is 5.69. The van der Waals surface area contributed by atoms with E-state index >= 15 is 0 Å². The molecule has 1 aromatic rings. The maximum Gasteiger partial charge on any atom is 0.306 e. The van der Waals surface area contributed by atoms with Crippen LogP contribution in [0, 0.1) is 0 Å². The summed E-state index contributed by atoms with van der Waals surface area (Å²) in [6, 6.07) is 8.21. The Morgan fingerprint density at radius 1 is 1.33 bits per heavy atom. The summed E-state index contributed by atoms with van der Waals surface area (Å²) in [5.41, 5.74) is 7.62. The van der Waals surface area contributed by atoms with Crippen LogP contribution in [-0.2, 0) is 16.1 Å². The molecule has 0 saturated heterocycles. The Bertz CT molecular complexity index is 374. The van der Waals surface area contributed by atoms with Gasteiger partial charge < -0.3 is 10.5 Å². The Morgan fingerprint density at radius 3 is 2.44 bits per heavy atom. The van der Waals surface area contributed by atoms with E-state index in [2.05, 4.69) is 23.5 Å². The van der Waals surface area contributed by atoms with Gasteiger partial charge in [-0.3, -0.25) is 9.69 Å². The van der Waals surface area contributed by atoms with E-state index in [1.54, 1.807) is 0 Å². The average molecular weight is 250 g/mol. The van der Waals surface area contributed by atoms with Gasteiger partial charge >= 0.3 is 5.97 Å². The summed E-state index contributed by atoms with van der Waals surface area (Å²) in [5.74, 6) is -0.169. The van der Waals surface area contributed by atoms with Crippen molar-refractivity contribution in [2.75, 3.05) is 19.4 Å². The third kappa shape index (κ3) is 4.75. The van der Waals surface area contributed by atoms with Crippen LogP contribution in [0.3, 0.4) is 0 Å². The van der Waals surface area contributed by atoms with E-state index < -0.39 is 0 Å². The summed E-state index contributed by atoms with van der Waals surface area (Å²) in [6.07, 6.45) is 0.420. The van der Waals surface area contributed by atoms with E-state index in [4.69, 9.17) is 5.73 Å². The minimum Gasteiger partial charge on any atom is -0.469 e. The van der Waals surface area contributed by atoms with Crippen molar-refractivity contribution in [1.82, 2.24) is 4.90 Å². The Hall–Kier alpha value is -1.55. The van der Waals surface area contributed by atoms with Crippen molar-refractivity contribution in [3.63, 3.8) is 0 Å². The van der Waals surface area contributed by atoms with Crippen LogP contribution in [-0.4, -0.2) is 30.6 Å². The van der Waals surface area contributed by atoms with Gasteiger partial charge in [-0.05, 0) is 31.5 Å². The number of esters is 1. The first-order valence-corrected chi connectivity index (χ1v) is 6.18. The minimum absolute atomic E-state index is 0.169. The topological polar surface area (TPSA) is 55.6 Å². The van der Waals surface area contributed by atoms with Gasteiger partial charge in [0, 0.05) is 24.8 Å². The zero-order chi connectivity index (χ0) is 13.5. The zero-order valence-electron chi connectivity index (χ0n) is 11.3. The number of methoxy groups -OCH3 is 1. The van der Waals surface area contributed by atoms with Crippen molar-refractivity contribution in [2.45, 2.75) is 32.9 Å². The Balaban J connectivity index is 2.57. The van der Waals surface area contributed by atoms with Gasteiger partial charge in [0.1, 0.15) is 0 Å². The van der Waals surface area contributed by atoms with E-state index in [0.29, 0.717) is 19.0 Å². The second-order valence-corrected chi connectivity index (χ2v) is 4.63. The van der Waals surface area contributed by atoms with Gasteiger partial charge in [-0.1, -0.05) is 12.1 Å². The Kier molecular flexibility index (Phi) is 5.65. The predicted molar refractivity (Wildman–Crippen MR) is 73.0 cm³/mol. The van der Waals surface area contributed by atoms with Crippen LogP contribution in [0.25, 0.3) is 0 Å². The molecule has 2 N–H and O–H groups in total. The lowest BCUT2D eigenvalue weighted by Gasteiger charge is -2.26. The molecule has 0 aliphatic heterocycles. The highest BCUT2D eigenvalue weighted by Gasteiger charge is 2.12. The molecule has 0 fully saturated rings. The van der Waals surface area contributed by atoms with Crippen LogP contribution in [0.5, 0.6) is 0 Å². The van der Waals surface area contributed by atoms with E-state index in [0.717, 1.165) is 12.2 Å². The average Bonchev–Trinajstić information content (AvgIpc) is 2.35. The first kappa shape index (κ1) is 14.5. The Morgan fingerprint density at radius 2 is 1.94 bits per heavy atom. The van der Waals surface area contributed by atoms with Gasteiger partial charge in [-0.2, -0.15) is 0 Å². The van der Waals surface area contributed by atoms with Crippen LogP contribution in [0.2, 0.25) is 0 Å². The highest BCUT2D eigenvalue weighted by atomic mass is 16.5. The summed E-state index contributed by atoms with van der Waals surface area (Å²) >= 11 is 0. The van der Waals surface area contributed by atoms with Gasteiger partial charge in [0.25, 0.3) is 0 Å². The molecule has 18 heavy (non-hydrogen) atoms.